The van der Waals surface area contributed by atoms with Crippen molar-refractivity contribution in [2.45, 2.75) is 24.8 Å². The van der Waals surface area contributed by atoms with Gasteiger partial charge in [0.1, 0.15) is 16.8 Å². The number of ether oxygens (including phenoxy) is 1. The topological polar surface area (TPSA) is 112 Å². The minimum Gasteiger partial charge on any atom is -0.461 e. The summed E-state index contributed by atoms with van der Waals surface area (Å²) in [5.41, 5.74) is 1.56. The van der Waals surface area contributed by atoms with E-state index in [9.17, 15) is 19.6 Å². The van der Waals surface area contributed by atoms with Crippen LogP contribution in [0.5, 0.6) is 0 Å². The summed E-state index contributed by atoms with van der Waals surface area (Å²) in [6.45, 7) is 2.52. The third kappa shape index (κ3) is 4.96. The molecule has 1 aliphatic heterocycles. The van der Waals surface area contributed by atoms with Crippen LogP contribution in [0.3, 0.4) is 0 Å². The van der Waals surface area contributed by atoms with Gasteiger partial charge in [-0.05, 0) is 37.6 Å². The van der Waals surface area contributed by atoms with Gasteiger partial charge in [0.25, 0.3) is 0 Å². The van der Waals surface area contributed by atoms with Crippen LogP contribution >= 0.6 is 11.8 Å². The van der Waals surface area contributed by atoms with Gasteiger partial charge in [-0.1, -0.05) is 23.9 Å². The number of nitrogens with one attached hydrogen (secondary N) is 1. The van der Waals surface area contributed by atoms with Crippen LogP contribution < -0.4 is 10.2 Å². The monoisotopic (exact) mass is 424 g/mol. The SMILES string of the molecule is CCOC(=O)c1ccc(C#N)c(SCC(=O)Nc2ccccc2N2CCCC2=O)n1. The molecule has 0 spiro atoms. The molecule has 1 fully saturated rings. The Labute approximate surface area is 178 Å². The lowest BCUT2D eigenvalue weighted by Gasteiger charge is -2.19. The molecular formula is C21H20N4O4S. The molecule has 0 atom stereocenters. The first kappa shape index (κ1) is 21.3. The van der Waals surface area contributed by atoms with Gasteiger partial charge >= 0.3 is 5.97 Å². The van der Waals surface area contributed by atoms with Crippen molar-refractivity contribution in [3.63, 3.8) is 0 Å². The molecule has 0 aliphatic carbocycles. The lowest BCUT2D eigenvalue weighted by atomic mass is 10.2. The summed E-state index contributed by atoms with van der Waals surface area (Å²) in [4.78, 5) is 42.3. The van der Waals surface area contributed by atoms with Crippen LogP contribution in [0.1, 0.15) is 35.8 Å². The third-order valence-electron chi connectivity index (χ3n) is 4.35. The number of esters is 1. The molecule has 9 heteroatoms. The highest BCUT2D eigenvalue weighted by Crippen LogP contribution is 2.30. The van der Waals surface area contributed by atoms with Crippen LogP contribution in [0.25, 0.3) is 0 Å². The maximum absolute atomic E-state index is 12.5. The van der Waals surface area contributed by atoms with Gasteiger partial charge in [0.2, 0.25) is 11.8 Å². The standard InChI is InChI=1S/C21H20N4O4S/c1-2-29-21(28)16-10-9-14(12-22)20(24-16)30-13-18(26)23-15-6-3-4-7-17(15)25-11-5-8-19(25)27/h3-4,6-7,9-10H,2,5,8,11,13H2,1H3,(H,23,26). The fourth-order valence-electron chi connectivity index (χ4n) is 2.99. The number of hydrogen-bond acceptors (Lipinski definition) is 7. The lowest BCUT2D eigenvalue weighted by molar-refractivity contribution is -0.117. The van der Waals surface area contributed by atoms with E-state index in [1.165, 1.54) is 12.1 Å². The quantitative estimate of drug-likeness (QED) is 0.537. The molecule has 0 saturated carbocycles. The number of thioether (sulfide) groups is 1. The largest absolute Gasteiger partial charge is 0.461 e. The molecule has 2 heterocycles. The van der Waals surface area contributed by atoms with Crippen molar-refractivity contribution in [1.82, 2.24) is 4.98 Å². The van der Waals surface area contributed by atoms with Crippen molar-refractivity contribution in [1.29, 1.82) is 5.26 Å². The van der Waals surface area contributed by atoms with Gasteiger partial charge in [-0.3, -0.25) is 9.59 Å². The first-order chi connectivity index (χ1) is 14.5. The number of nitriles is 1. The van der Waals surface area contributed by atoms with Gasteiger partial charge in [0.05, 0.1) is 29.3 Å². The van der Waals surface area contributed by atoms with E-state index >= 15 is 0 Å². The number of hydrogen-bond donors (Lipinski definition) is 1. The van der Waals surface area contributed by atoms with E-state index in [-0.39, 0.29) is 40.5 Å². The number of anilines is 2. The minimum atomic E-state index is -0.586. The molecule has 0 unspecified atom stereocenters. The van der Waals surface area contributed by atoms with Gasteiger partial charge in [-0.25, -0.2) is 9.78 Å². The Bertz CT molecular complexity index is 1020. The van der Waals surface area contributed by atoms with Crippen molar-refractivity contribution < 1.29 is 19.1 Å². The Balaban J connectivity index is 1.70. The zero-order valence-corrected chi connectivity index (χ0v) is 17.2. The van der Waals surface area contributed by atoms with Crippen LogP contribution in [-0.2, 0) is 14.3 Å². The summed E-state index contributed by atoms with van der Waals surface area (Å²) in [6, 6.07) is 12.0. The Morgan fingerprint density at radius 2 is 2.10 bits per heavy atom. The summed E-state index contributed by atoms with van der Waals surface area (Å²) in [5, 5.41) is 12.4. The second-order valence-electron chi connectivity index (χ2n) is 6.38. The number of pyridine rings is 1. The van der Waals surface area contributed by atoms with E-state index in [4.69, 9.17) is 4.74 Å². The number of aromatic nitrogens is 1. The molecule has 154 valence electrons. The fraction of sp³-hybridized carbons (Fsp3) is 0.286. The maximum atomic E-state index is 12.5. The molecule has 1 aromatic carbocycles. The van der Waals surface area contributed by atoms with Crippen molar-refractivity contribution in [3.05, 3.63) is 47.7 Å². The van der Waals surface area contributed by atoms with E-state index in [0.29, 0.717) is 24.3 Å². The smallest absolute Gasteiger partial charge is 0.356 e. The molecular weight excluding hydrogens is 404 g/mol. The van der Waals surface area contributed by atoms with Crippen LogP contribution in [0.2, 0.25) is 0 Å². The highest BCUT2D eigenvalue weighted by molar-refractivity contribution is 8.00. The maximum Gasteiger partial charge on any atom is 0.356 e. The second kappa shape index (κ2) is 9.89. The average molecular weight is 424 g/mol. The van der Waals surface area contributed by atoms with E-state index in [0.717, 1.165) is 18.2 Å². The van der Waals surface area contributed by atoms with E-state index in [1.54, 1.807) is 30.0 Å². The molecule has 1 aliphatic rings. The first-order valence-electron chi connectivity index (χ1n) is 9.43. The van der Waals surface area contributed by atoms with E-state index in [2.05, 4.69) is 10.3 Å². The van der Waals surface area contributed by atoms with Gasteiger partial charge in [-0.15, -0.1) is 0 Å². The molecule has 2 amide bonds. The summed E-state index contributed by atoms with van der Waals surface area (Å²) in [6.07, 6.45) is 1.29. The zero-order valence-electron chi connectivity index (χ0n) is 16.4. The average Bonchev–Trinajstić information content (AvgIpc) is 3.18. The Kier molecular flexibility index (Phi) is 7.03. The number of rotatable bonds is 7. The molecule has 1 saturated heterocycles. The highest BCUT2D eigenvalue weighted by Gasteiger charge is 2.24. The van der Waals surface area contributed by atoms with Crippen molar-refractivity contribution in [2.24, 2.45) is 0 Å². The molecule has 0 radical (unpaired) electrons. The lowest BCUT2D eigenvalue weighted by Crippen LogP contribution is -2.26. The van der Waals surface area contributed by atoms with E-state index in [1.807, 2.05) is 12.1 Å². The summed E-state index contributed by atoms with van der Waals surface area (Å²) < 4.78 is 4.93. The van der Waals surface area contributed by atoms with Crippen LogP contribution in [0.15, 0.2) is 41.4 Å². The summed E-state index contributed by atoms with van der Waals surface area (Å²) in [5.74, 6) is -0.885. The van der Waals surface area contributed by atoms with Gasteiger partial charge in [0.15, 0.2) is 0 Å². The Morgan fingerprint density at radius 3 is 2.80 bits per heavy atom. The van der Waals surface area contributed by atoms with Crippen molar-refractivity contribution >= 4 is 40.9 Å². The van der Waals surface area contributed by atoms with Crippen LogP contribution in [0.4, 0.5) is 11.4 Å². The Hall–Kier alpha value is -3.38. The highest BCUT2D eigenvalue weighted by atomic mass is 32.2. The molecule has 1 aromatic heterocycles. The first-order valence-corrected chi connectivity index (χ1v) is 10.4. The fourth-order valence-corrected chi connectivity index (χ4v) is 3.76. The number of benzene rings is 1. The van der Waals surface area contributed by atoms with Gasteiger partial charge in [-0.2, -0.15) is 5.26 Å². The number of carbonyl (C=O) groups excluding carboxylic acids is 3. The second-order valence-corrected chi connectivity index (χ2v) is 7.35. The summed E-state index contributed by atoms with van der Waals surface area (Å²) in [7, 11) is 0. The number of amides is 2. The minimum absolute atomic E-state index is 0.0176. The number of para-hydroxylation sites is 2. The molecule has 2 aromatic rings. The number of nitrogens with zero attached hydrogens (tertiary/aromatic N) is 3. The summed E-state index contributed by atoms with van der Waals surface area (Å²) >= 11 is 1.05. The van der Waals surface area contributed by atoms with Crippen molar-refractivity contribution in [3.8, 4) is 6.07 Å². The van der Waals surface area contributed by atoms with E-state index < -0.39 is 5.97 Å². The Morgan fingerprint density at radius 1 is 1.30 bits per heavy atom. The number of carbonyl (C=O) groups is 3. The van der Waals surface area contributed by atoms with Crippen LogP contribution in [0, 0.1) is 11.3 Å². The zero-order chi connectivity index (χ0) is 21.5. The van der Waals surface area contributed by atoms with Crippen molar-refractivity contribution in [2.75, 3.05) is 29.1 Å². The molecule has 1 N–H and O–H groups in total. The van der Waals surface area contributed by atoms with Gasteiger partial charge < -0.3 is 15.0 Å². The predicted octanol–water partition coefficient (Wildman–Crippen LogP) is 2.99. The molecule has 0 bridgehead atoms. The molecule has 30 heavy (non-hydrogen) atoms. The molecule has 3 rings (SSSR count). The van der Waals surface area contributed by atoms with Gasteiger partial charge in [0, 0.05) is 13.0 Å². The van der Waals surface area contributed by atoms with Crippen LogP contribution in [-0.4, -0.2) is 41.7 Å². The molecule has 8 nitrogen and oxygen atoms in total. The predicted molar refractivity (Wildman–Crippen MR) is 112 cm³/mol. The normalized spacial score (nSPS) is 13.1. The third-order valence-corrected chi connectivity index (χ3v) is 5.34.